The molecule has 2 aromatic heterocycles. The average molecular weight is 282 g/mol. The van der Waals surface area contributed by atoms with Crippen molar-refractivity contribution in [2.45, 2.75) is 19.4 Å². The van der Waals surface area contributed by atoms with E-state index < -0.39 is 0 Å². The number of hydrogen-bond donors (Lipinski definition) is 2. The van der Waals surface area contributed by atoms with Crippen LogP contribution < -0.4 is 11.1 Å². The summed E-state index contributed by atoms with van der Waals surface area (Å²) < 4.78 is 1.81. The smallest absolute Gasteiger partial charge is 0.168 e. The summed E-state index contributed by atoms with van der Waals surface area (Å²) in [5.41, 5.74) is 7.69. The van der Waals surface area contributed by atoms with Crippen LogP contribution in [0.2, 0.25) is 0 Å². The summed E-state index contributed by atoms with van der Waals surface area (Å²) in [5.74, 6) is 0.770. The fourth-order valence-corrected chi connectivity index (χ4v) is 2.12. The minimum atomic E-state index is 0.110. The largest absolute Gasteiger partial charge is 0.368 e. The molecule has 6 heteroatoms. The Morgan fingerprint density at radius 3 is 2.81 bits per heavy atom. The molecule has 6 nitrogen and oxygen atoms in total. The van der Waals surface area contributed by atoms with Crippen molar-refractivity contribution in [3.05, 3.63) is 42.9 Å². The van der Waals surface area contributed by atoms with Gasteiger partial charge in [-0.25, -0.2) is 14.6 Å². The van der Waals surface area contributed by atoms with Gasteiger partial charge in [0.1, 0.15) is 12.1 Å². The molecule has 0 amide bonds. The molecule has 108 valence electrons. The first-order valence-electron chi connectivity index (χ1n) is 7.03. The highest BCUT2D eigenvalue weighted by molar-refractivity contribution is 5.87. The number of nitrogens with one attached hydrogen (secondary N) is 1. The number of nitrogens with zero attached hydrogens (tertiary/aromatic N) is 4. The van der Waals surface area contributed by atoms with Crippen molar-refractivity contribution in [3.63, 3.8) is 0 Å². The van der Waals surface area contributed by atoms with Crippen molar-refractivity contribution in [2.75, 3.05) is 11.9 Å². The zero-order valence-electron chi connectivity index (χ0n) is 11.9. The first-order valence-corrected chi connectivity index (χ1v) is 7.03. The Bertz CT molecular complexity index is 721. The minimum Gasteiger partial charge on any atom is -0.368 e. The van der Waals surface area contributed by atoms with Gasteiger partial charge in [0.15, 0.2) is 5.65 Å². The molecule has 0 saturated heterocycles. The SMILES string of the molecule is CCC(N)CNc1ncnc2c1cnn2-c1ccccc1. The third-order valence-electron chi connectivity index (χ3n) is 3.42. The lowest BCUT2D eigenvalue weighted by molar-refractivity contribution is 0.678. The molecule has 1 unspecified atom stereocenters. The number of aromatic nitrogens is 4. The first kappa shape index (κ1) is 13.5. The highest BCUT2D eigenvalue weighted by Gasteiger charge is 2.11. The van der Waals surface area contributed by atoms with Gasteiger partial charge in [0.2, 0.25) is 0 Å². The Labute approximate surface area is 123 Å². The predicted octanol–water partition coefficient (Wildman–Crippen LogP) is 1.96. The van der Waals surface area contributed by atoms with E-state index in [1.54, 1.807) is 12.5 Å². The van der Waals surface area contributed by atoms with Gasteiger partial charge in [-0.15, -0.1) is 0 Å². The van der Waals surface area contributed by atoms with E-state index in [9.17, 15) is 0 Å². The fourth-order valence-electron chi connectivity index (χ4n) is 2.12. The molecule has 3 N–H and O–H groups in total. The van der Waals surface area contributed by atoms with E-state index in [0.29, 0.717) is 6.54 Å². The van der Waals surface area contributed by atoms with Gasteiger partial charge in [0.05, 0.1) is 17.3 Å². The third-order valence-corrected chi connectivity index (χ3v) is 3.42. The van der Waals surface area contributed by atoms with Crippen molar-refractivity contribution < 1.29 is 0 Å². The van der Waals surface area contributed by atoms with Gasteiger partial charge in [-0.3, -0.25) is 0 Å². The van der Waals surface area contributed by atoms with Gasteiger partial charge in [0, 0.05) is 12.6 Å². The summed E-state index contributed by atoms with van der Waals surface area (Å²) >= 11 is 0. The van der Waals surface area contributed by atoms with Crippen LogP contribution in [0.5, 0.6) is 0 Å². The highest BCUT2D eigenvalue weighted by Crippen LogP contribution is 2.21. The summed E-state index contributed by atoms with van der Waals surface area (Å²) in [5, 5.41) is 8.58. The molecule has 0 radical (unpaired) electrons. The number of anilines is 1. The molecule has 2 heterocycles. The lowest BCUT2D eigenvalue weighted by Crippen LogP contribution is -2.28. The number of fused-ring (bicyclic) bond motifs is 1. The van der Waals surface area contributed by atoms with Crippen LogP contribution in [-0.2, 0) is 0 Å². The Kier molecular flexibility index (Phi) is 3.79. The molecule has 1 atom stereocenters. The van der Waals surface area contributed by atoms with Crippen molar-refractivity contribution >= 4 is 16.9 Å². The predicted molar refractivity (Wildman–Crippen MR) is 83.4 cm³/mol. The van der Waals surface area contributed by atoms with E-state index in [1.165, 1.54) is 0 Å². The molecular weight excluding hydrogens is 264 g/mol. The lowest BCUT2D eigenvalue weighted by Gasteiger charge is -2.11. The van der Waals surface area contributed by atoms with E-state index in [1.807, 2.05) is 35.0 Å². The zero-order valence-corrected chi connectivity index (χ0v) is 11.9. The van der Waals surface area contributed by atoms with Crippen LogP contribution in [0.15, 0.2) is 42.9 Å². The van der Waals surface area contributed by atoms with Gasteiger partial charge in [-0.2, -0.15) is 5.10 Å². The first-order chi connectivity index (χ1) is 10.3. The molecule has 1 aromatic carbocycles. The topological polar surface area (TPSA) is 81.7 Å². The lowest BCUT2D eigenvalue weighted by atomic mass is 10.2. The Morgan fingerprint density at radius 1 is 1.24 bits per heavy atom. The van der Waals surface area contributed by atoms with E-state index >= 15 is 0 Å². The maximum Gasteiger partial charge on any atom is 0.168 e. The maximum absolute atomic E-state index is 5.93. The summed E-state index contributed by atoms with van der Waals surface area (Å²) in [6.45, 7) is 2.74. The van der Waals surface area contributed by atoms with Gasteiger partial charge in [-0.1, -0.05) is 25.1 Å². The fraction of sp³-hybridized carbons (Fsp3) is 0.267. The van der Waals surface area contributed by atoms with Gasteiger partial charge in [0.25, 0.3) is 0 Å². The summed E-state index contributed by atoms with van der Waals surface area (Å²) in [6.07, 6.45) is 4.25. The minimum absolute atomic E-state index is 0.110. The van der Waals surface area contributed by atoms with Crippen LogP contribution in [-0.4, -0.2) is 32.3 Å². The zero-order chi connectivity index (χ0) is 14.7. The number of rotatable bonds is 5. The van der Waals surface area contributed by atoms with Crippen LogP contribution in [0.3, 0.4) is 0 Å². The van der Waals surface area contributed by atoms with Crippen molar-refractivity contribution in [3.8, 4) is 5.69 Å². The van der Waals surface area contributed by atoms with Crippen molar-refractivity contribution in [2.24, 2.45) is 5.73 Å². The summed E-state index contributed by atoms with van der Waals surface area (Å²) in [4.78, 5) is 8.63. The van der Waals surface area contributed by atoms with E-state index in [0.717, 1.165) is 29.0 Å². The Balaban J connectivity index is 1.97. The maximum atomic E-state index is 5.93. The molecule has 0 spiro atoms. The highest BCUT2D eigenvalue weighted by atomic mass is 15.3. The summed E-state index contributed by atoms with van der Waals surface area (Å²) in [7, 11) is 0. The number of para-hydroxylation sites is 1. The monoisotopic (exact) mass is 282 g/mol. The average Bonchev–Trinajstić information content (AvgIpc) is 2.98. The molecule has 0 saturated carbocycles. The van der Waals surface area contributed by atoms with E-state index in [-0.39, 0.29) is 6.04 Å². The van der Waals surface area contributed by atoms with Crippen molar-refractivity contribution in [1.82, 2.24) is 19.7 Å². The Morgan fingerprint density at radius 2 is 2.05 bits per heavy atom. The number of nitrogens with two attached hydrogens (primary N) is 1. The molecule has 3 aromatic rings. The summed E-state index contributed by atoms with van der Waals surface area (Å²) in [6, 6.07) is 10.0. The Hall–Kier alpha value is -2.47. The van der Waals surface area contributed by atoms with Gasteiger partial charge >= 0.3 is 0 Å². The van der Waals surface area contributed by atoms with Crippen LogP contribution in [0.4, 0.5) is 5.82 Å². The number of benzene rings is 1. The second-order valence-electron chi connectivity index (χ2n) is 4.90. The molecular formula is C15H18N6. The van der Waals surface area contributed by atoms with Crippen LogP contribution in [0.1, 0.15) is 13.3 Å². The normalized spacial score (nSPS) is 12.5. The molecule has 0 aliphatic rings. The van der Waals surface area contributed by atoms with Crippen LogP contribution in [0.25, 0.3) is 16.7 Å². The van der Waals surface area contributed by atoms with Crippen LogP contribution >= 0.6 is 0 Å². The second-order valence-corrected chi connectivity index (χ2v) is 4.90. The van der Waals surface area contributed by atoms with E-state index in [4.69, 9.17) is 5.73 Å². The van der Waals surface area contributed by atoms with Gasteiger partial charge < -0.3 is 11.1 Å². The van der Waals surface area contributed by atoms with E-state index in [2.05, 4.69) is 27.3 Å². The second kappa shape index (κ2) is 5.88. The standard InChI is InChI=1S/C15H18N6/c1-2-11(16)8-17-14-13-9-20-21(15(13)19-10-18-14)12-6-4-3-5-7-12/h3-7,9-11H,2,8,16H2,1H3,(H,17,18,19). The molecule has 0 bridgehead atoms. The van der Waals surface area contributed by atoms with Crippen molar-refractivity contribution in [1.29, 1.82) is 0 Å². The quantitative estimate of drug-likeness (QED) is 0.747. The third kappa shape index (κ3) is 2.71. The number of hydrogen-bond acceptors (Lipinski definition) is 5. The van der Waals surface area contributed by atoms with Gasteiger partial charge in [-0.05, 0) is 18.6 Å². The molecule has 0 aliphatic heterocycles. The van der Waals surface area contributed by atoms with Crippen LogP contribution in [0, 0.1) is 0 Å². The molecule has 3 rings (SSSR count). The molecule has 0 fully saturated rings. The molecule has 21 heavy (non-hydrogen) atoms. The molecule has 0 aliphatic carbocycles.